The Balaban J connectivity index is 1.90. The number of carbonyl (C=O) groups is 1. The SMILES string of the molecule is N#CC1CCN(C(=O)C2CSCN2)C1. The molecule has 1 amide bonds. The third-order valence-corrected chi connectivity index (χ3v) is 3.64. The number of carbonyl (C=O) groups excluding carboxylic acids is 1. The van der Waals surface area contributed by atoms with Gasteiger partial charge in [-0.3, -0.25) is 10.1 Å². The molecule has 1 N–H and O–H groups in total. The number of thioether (sulfide) groups is 1. The van der Waals surface area contributed by atoms with Gasteiger partial charge in [0, 0.05) is 24.7 Å². The molecule has 2 rings (SSSR count). The van der Waals surface area contributed by atoms with Crippen molar-refractivity contribution in [3.63, 3.8) is 0 Å². The molecule has 14 heavy (non-hydrogen) atoms. The predicted octanol–water partition coefficient (Wildman–Crippen LogP) is 0.0210. The Labute approximate surface area is 87.6 Å². The van der Waals surface area contributed by atoms with Gasteiger partial charge in [-0.05, 0) is 6.42 Å². The smallest absolute Gasteiger partial charge is 0.240 e. The molecule has 0 aromatic carbocycles. The van der Waals surface area contributed by atoms with Gasteiger partial charge in [0.15, 0.2) is 0 Å². The zero-order valence-corrected chi connectivity index (χ0v) is 8.72. The third-order valence-electron chi connectivity index (χ3n) is 2.70. The van der Waals surface area contributed by atoms with Gasteiger partial charge in [0.2, 0.25) is 5.91 Å². The lowest BCUT2D eigenvalue weighted by Crippen LogP contribution is -2.43. The van der Waals surface area contributed by atoms with Gasteiger partial charge in [0.25, 0.3) is 0 Å². The van der Waals surface area contributed by atoms with E-state index < -0.39 is 0 Å². The predicted molar refractivity (Wildman–Crippen MR) is 54.5 cm³/mol. The van der Waals surface area contributed by atoms with E-state index in [2.05, 4.69) is 11.4 Å². The second kappa shape index (κ2) is 4.20. The molecule has 2 fully saturated rings. The number of hydrogen-bond donors (Lipinski definition) is 1. The Morgan fingerprint density at radius 3 is 3.07 bits per heavy atom. The molecule has 2 aliphatic heterocycles. The number of nitriles is 1. The van der Waals surface area contributed by atoms with Gasteiger partial charge >= 0.3 is 0 Å². The highest BCUT2D eigenvalue weighted by Crippen LogP contribution is 2.18. The van der Waals surface area contributed by atoms with Crippen LogP contribution in [0.3, 0.4) is 0 Å². The topological polar surface area (TPSA) is 56.1 Å². The summed E-state index contributed by atoms with van der Waals surface area (Å²) in [6, 6.07) is 2.20. The molecule has 0 aromatic rings. The first-order valence-electron chi connectivity index (χ1n) is 4.81. The van der Waals surface area contributed by atoms with Crippen LogP contribution in [-0.2, 0) is 4.79 Å². The average Bonchev–Trinajstić information content (AvgIpc) is 2.88. The van der Waals surface area contributed by atoms with E-state index >= 15 is 0 Å². The largest absolute Gasteiger partial charge is 0.340 e. The first kappa shape index (κ1) is 9.81. The summed E-state index contributed by atoms with van der Waals surface area (Å²) >= 11 is 1.75. The molecule has 0 saturated carbocycles. The standard InChI is InChI=1S/C9H13N3OS/c10-3-7-1-2-12(4-7)9(13)8-5-14-6-11-8/h7-8,11H,1-2,4-6H2. The highest BCUT2D eigenvalue weighted by atomic mass is 32.2. The van der Waals surface area contributed by atoms with Crippen LogP contribution in [0.1, 0.15) is 6.42 Å². The zero-order chi connectivity index (χ0) is 9.97. The van der Waals surface area contributed by atoms with Crippen LogP contribution in [0, 0.1) is 17.2 Å². The summed E-state index contributed by atoms with van der Waals surface area (Å²) in [6.45, 7) is 1.37. The van der Waals surface area contributed by atoms with E-state index in [0.717, 1.165) is 24.6 Å². The first-order chi connectivity index (χ1) is 6.81. The summed E-state index contributed by atoms with van der Waals surface area (Å²) < 4.78 is 0. The molecule has 5 heteroatoms. The van der Waals surface area contributed by atoms with Gasteiger partial charge in [0.1, 0.15) is 0 Å². The molecule has 4 nitrogen and oxygen atoms in total. The molecule has 2 saturated heterocycles. The van der Waals surface area contributed by atoms with Crippen molar-refractivity contribution < 1.29 is 4.79 Å². The van der Waals surface area contributed by atoms with Crippen molar-refractivity contribution in [2.75, 3.05) is 24.7 Å². The van der Waals surface area contributed by atoms with E-state index in [0.29, 0.717) is 6.54 Å². The van der Waals surface area contributed by atoms with Crippen molar-refractivity contribution in [3.8, 4) is 6.07 Å². The average molecular weight is 211 g/mol. The van der Waals surface area contributed by atoms with Gasteiger partial charge in [-0.1, -0.05) is 0 Å². The van der Waals surface area contributed by atoms with Gasteiger partial charge in [-0.15, -0.1) is 11.8 Å². The maximum Gasteiger partial charge on any atom is 0.240 e. The number of rotatable bonds is 1. The Morgan fingerprint density at radius 1 is 1.64 bits per heavy atom. The van der Waals surface area contributed by atoms with Crippen LogP contribution >= 0.6 is 11.8 Å². The Kier molecular flexibility index (Phi) is 2.94. The highest BCUT2D eigenvalue weighted by Gasteiger charge is 2.32. The number of nitrogens with zero attached hydrogens (tertiary/aromatic N) is 2. The Morgan fingerprint density at radius 2 is 2.50 bits per heavy atom. The molecule has 0 bridgehead atoms. The lowest BCUT2D eigenvalue weighted by molar-refractivity contribution is -0.131. The van der Waals surface area contributed by atoms with E-state index in [1.165, 1.54) is 0 Å². The van der Waals surface area contributed by atoms with Gasteiger partial charge in [-0.2, -0.15) is 5.26 Å². The molecule has 2 heterocycles. The normalized spacial score (nSPS) is 31.8. The summed E-state index contributed by atoms with van der Waals surface area (Å²) in [5.74, 6) is 1.96. The van der Waals surface area contributed by atoms with Gasteiger partial charge < -0.3 is 4.90 Å². The summed E-state index contributed by atoms with van der Waals surface area (Å²) in [4.78, 5) is 13.7. The van der Waals surface area contributed by atoms with Crippen LogP contribution in [0.25, 0.3) is 0 Å². The second-order valence-corrected chi connectivity index (χ2v) is 4.70. The summed E-state index contributed by atoms with van der Waals surface area (Å²) in [6.07, 6.45) is 0.835. The lowest BCUT2D eigenvalue weighted by Gasteiger charge is -2.19. The van der Waals surface area contributed by atoms with E-state index in [-0.39, 0.29) is 17.9 Å². The van der Waals surface area contributed by atoms with Crippen LogP contribution in [0.5, 0.6) is 0 Å². The van der Waals surface area contributed by atoms with Crippen molar-refractivity contribution in [1.29, 1.82) is 5.26 Å². The molecule has 2 aliphatic rings. The minimum Gasteiger partial charge on any atom is -0.340 e. The van der Waals surface area contributed by atoms with Crippen LogP contribution in [-0.4, -0.2) is 41.6 Å². The molecule has 2 unspecified atom stereocenters. The molecule has 0 aromatic heterocycles. The molecular weight excluding hydrogens is 198 g/mol. The van der Waals surface area contributed by atoms with Crippen LogP contribution in [0.2, 0.25) is 0 Å². The first-order valence-corrected chi connectivity index (χ1v) is 5.96. The molecule has 0 radical (unpaired) electrons. The third kappa shape index (κ3) is 1.86. The fourth-order valence-corrected chi connectivity index (χ4v) is 2.77. The minimum atomic E-state index is -0.0163. The maximum absolute atomic E-state index is 11.8. The summed E-state index contributed by atoms with van der Waals surface area (Å²) in [7, 11) is 0. The Bertz CT molecular complexity index is 270. The van der Waals surface area contributed by atoms with Crippen molar-refractivity contribution in [1.82, 2.24) is 10.2 Å². The number of amides is 1. The van der Waals surface area contributed by atoms with Gasteiger partial charge in [-0.25, -0.2) is 0 Å². The number of nitrogens with one attached hydrogen (secondary N) is 1. The number of hydrogen-bond acceptors (Lipinski definition) is 4. The van der Waals surface area contributed by atoms with E-state index in [1.807, 2.05) is 4.90 Å². The molecule has 2 atom stereocenters. The molecular formula is C9H13N3OS. The number of likely N-dealkylation sites (tertiary alicyclic amines) is 1. The fourth-order valence-electron chi connectivity index (χ4n) is 1.84. The Hall–Kier alpha value is -0.730. The molecule has 0 spiro atoms. The highest BCUT2D eigenvalue weighted by molar-refractivity contribution is 7.99. The minimum absolute atomic E-state index is 0.0163. The van der Waals surface area contributed by atoms with E-state index in [9.17, 15) is 4.79 Å². The fraction of sp³-hybridized carbons (Fsp3) is 0.778. The quantitative estimate of drug-likeness (QED) is 0.664. The maximum atomic E-state index is 11.8. The van der Waals surface area contributed by atoms with Crippen molar-refractivity contribution in [2.24, 2.45) is 5.92 Å². The van der Waals surface area contributed by atoms with Crippen LogP contribution in [0.15, 0.2) is 0 Å². The van der Waals surface area contributed by atoms with Crippen molar-refractivity contribution >= 4 is 17.7 Å². The van der Waals surface area contributed by atoms with Gasteiger partial charge in [0.05, 0.1) is 18.0 Å². The summed E-state index contributed by atoms with van der Waals surface area (Å²) in [5.41, 5.74) is 0. The van der Waals surface area contributed by atoms with Crippen molar-refractivity contribution in [2.45, 2.75) is 12.5 Å². The van der Waals surface area contributed by atoms with Crippen LogP contribution in [0.4, 0.5) is 0 Å². The zero-order valence-electron chi connectivity index (χ0n) is 7.90. The van der Waals surface area contributed by atoms with Crippen molar-refractivity contribution in [3.05, 3.63) is 0 Å². The van der Waals surface area contributed by atoms with Crippen LogP contribution < -0.4 is 5.32 Å². The van der Waals surface area contributed by atoms with E-state index in [4.69, 9.17) is 5.26 Å². The molecule has 76 valence electrons. The van der Waals surface area contributed by atoms with E-state index in [1.54, 1.807) is 11.8 Å². The lowest BCUT2D eigenvalue weighted by atomic mass is 10.1. The second-order valence-electron chi connectivity index (χ2n) is 3.67. The molecule has 0 aliphatic carbocycles. The monoisotopic (exact) mass is 211 g/mol. The summed E-state index contributed by atoms with van der Waals surface area (Å²) in [5, 5.41) is 11.9.